The average Bonchev–Trinajstić information content (AvgIpc) is 2.48. The summed E-state index contributed by atoms with van der Waals surface area (Å²) in [5.41, 5.74) is 0. The third kappa shape index (κ3) is 1.93. The zero-order valence-electron chi connectivity index (χ0n) is 7.19. The van der Waals surface area contributed by atoms with Gasteiger partial charge in [-0.25, -0.2) is 8.78 Å². The van der Waals surface area contributed by atoms with Gasteiger partial charge in [0.1, 0.15) is 0 Å². The van der Waals surface area contributed by atoms with Crippen molar-refractivity contribution in [3.63, 3.8) is 0 Å². The molecular formula is C8H15F2NO. The van der Waals surface area contributed by atoms with Crippen LogP contribution in [0.5, 0.6) is 0 Å². The molecule has 0 spiro atoms. The zero-order chi connectivity index (χ0) is 9.19. The maximum atomic E-state index is 12.6. The Morgan fingerprint density at radius 1 is 1.17 bits per heavy atom. The minimum atomic E-state index is -2.35. The van der Waals surface area contributed by atoms with Gasteiger partial charge < -0.3 is 10.4 Å². The van der Waals surface area contributed by atoms with Crippen LogP contribution in [0.4, 0.5) is 8.78 Å². The van der Waals surface area contributed by atoms with Crippen molar-refractivity contribution in [3.8, 4) is 0 Å². The molecule has 0 aromatic heterocycles. The summed E-state index contributed by atoms with van der Waals surface area (Å²) in [7, 11) is 1.00. The summed E-state index contributed by atoms with van der Waals surface area (Å²) < 4.78 is 25.3. The smallest absolute Gasteiger partial charge is 0.248 e. The Morgan fingerprint density at radius 3 is 2.00 bits per heavy atom. The molecule has 2 rings (SSSR count). The van der Waals surface area contributed by atoms with E-state index in [9.17, 15) is 8.78 Å². The molecule has 0 radical (unpaired) electrons. The highest BCUT2D eigenvalue weighted by atomic mass is 19.3. The van der Waals surface area contributed by atoms with Gasteiger partial charge >= 0.3 is 0 Å². The minimum Gasteiger partial charge on any atom is -0.400 e. The normalized spacial score (nSPS) is 37.0. The summed E-state index contributed by atoms with van der Waals surface area (Å²) in [4.78, 5) is 0. The van der Waals surface area contributed by atoms with Gasteiger partial charge in [-0.2, -0.15) is 0 Å². The van der Waals surface area contributed by atoms with Crippen LogP contribution < -0.4 is 5.32 Å². The summed E-state index contributed by atoms with van der Waals surface area (Å²) in [6.07, 6.45) is 0.231. The molecule has 0 amide bonds. The van der Waals surface area contributed by atoms with Crippen LogP contribution in [0.15, 0.2) is 0 Å². The van der Waals surface area contributed by atoms with Crippen molar-refractivity contribution in [2.45, 2.75) is 18.8 Å². The second-order valence-electron chi connectivity index (χ2n) is 3.44. The number of aliphatic hydroxyl groups excluding tert-OH is 1. The standard InChI is InChI=1S/C7H11F2N.CH4O/c8-7(9)1-5-3-10-4-6(5)2-7;1-2/h5-6,10H,1-4H2;2H,1H3. The maximum absolute atomic E-state index is 12.6. The van der Waals surface area contributed by atoms with Crippen molar-refractivity contribution in [1.82, 2.24) is 5.32 Å². The number of fused-ring (bicyclic) bond motifs is 1. The van der Waals surface area contributed by atoms with Gasteiger partial charge in [0.05, 0.1) is 0 Å². The van der Waals surface area contributed by atoms with E-state index < -0.39 is 5.92 Å². The summed E-state index contributed by atoms with van der Waals surface area (Å²) in [6.45, 7) is 1.61. The molecular weight excluding hydrogens is 164 g/mol. The molecule has 2 atom stereocenters. The fourth-order valence-electron chi connectivity index (χ4n) is 2.12. The van der Waals surface area contributed by atoms with E-state index in [1.807, 2.05) is 0 Å². The van der Waals surface area contributed by atoms with E-state index in [4.69, 9.17) is 5.11 Å². The molecule has 0 bridgehead atoms. The van der Waals surface area contributed by atoms with Crippen molar-refractivity contribution >= 4 is 0 Å². The van der Waals surface area contributed by atoms with Crippen LogP contribution in [-0.2, 0) is 0 Å². The predicted octanol–water partition coefficient (Wildman–Crippen LogP) is 0.860. The van der Waals surface area contributed by atoms with Crippen LogP contribution in [0, 0.1) is 11.8 Å². The number of halogens is 2. The molecule has 12 heavy (non-hydrogen) atoms. The molecule has 2 nitrogen and oxygen atoms in total. The van der Waals surface area contributed by atoms with E-state index in [1.54, 1.807) is 0 Å². The van der Waals surface area contributed by atoms with Crippen LogP contribution in [0.25, 0.3) is 0 Å². The first-order valence-corrected chi connectivity index (χ1v) is 4.21. The van der Waals surface area contributed by atoms with Gasteiger partial charge in [0, 0.05) is 20.0 Å². The molecule has 0 aromatic rings. The van der Waals surface area contributed by atoms with Crippen LogP contribution in [0.2, 0.25) is 0 Å². The molecule has 1 aliphatic carbocycles. The van der Waals surface area contributed by atoms with Crippen LogP contribution in [0.3, 0.4) is 0 Å². The molecule has 2 aliphatic rings. The van der Waals surface area contributed by atoms with Gasteiger partial charge in [-0.1, -0.05) is 0 Å². The van der Waals surface area contributed by atoms with Gasteiger partial charge in [-0.05, 0) is 24.9 Å². The van der Waals surface area contributed by atoms with Crippen LogP contribution >= 0.6 is 0 Å². The maximum Gasteiger partial charge on any atom is 0.248 e. The van der Waals surface area contributed by atoms with E-state index in [0.29, 0.717) is 0 Å². The summed E-state index contributed by atoms with van der Waals surface area (Å²) in [6, 6.07) is 0. The highest BCUT2D eigenvalue weighted by Crippen LogP contribution is 2.44. The fourth-order valence-corrected chi connectivity index (χ4v) is 2.12. The molecule has 72 valence electrons. The predicted molar refractivity (Wildman–Crippen MR) is 42.2 cm³/mol. The van der Waals surface area contributed by atoms with Crippen LogP contribution in [-0.4, -0.2) is 31.2 Å². The molecule has 4 heteroatoms. The van der Waals surface area contributed by atoms with Gasteiger partial charge in [-0.15, -0.1) is 0 Å². The van der Waals surface area contributed by atoms with E-state index in [2.05, 4.69) is 5.32 Å². The number of aliphatic hydroxyl groups is 1. The monoisotopic (exact) mass is 179 g/mol. The third-order valence-electron chi connectivity index (χ3n) is 2.60. The summed E-state index contributed by atoms with van der Waals surface area (Å²) in [5.74, 6) is -1.83. The van der Waals surface area contributed by atoms with Gasteiger partial charge in [0.15, 0.2) is 0 Å². The quantitative estimate of drug-likeness (QED) is 0.578. The molecule has 1 heterocycles. The largest absolute Gasteiger partial charge is 0.400 e. The fraction of sp³-hybridized carbons (Fsp3) is 1.00. The van der Waals surface area contributed by atoms with E-state index >= 15 is 0 Å². The number of alkyl halides is 2. The Morgan fingerprint density at radius 2 is 1.58 bits per heavy atom. The van der Waals surface area contributed by atoms with Crippen molar-refractivity contribution < 1.29 is 13.9 Å². The number of hydrogen-bond donors (Lipinski definition) is 2. The number of hydrogen-bond acceptors (Lipinski definition) is 2. The molecule has 2 N–H and O–H groups in total. The highest BCUT2D eigenvalue weighted by Gasteiger charge is 2.47. The second-order valence-corrected chi connectivity index (χ2v) is 3.44. The molecule has 2 fully saturated rings. The Kier molecular flexibility index (Phi) is 3.01. The SMILES string of the molecule is CO.FC1(F)CC2CNCC2C1. The van der Waals surface area contributed by atoms with Gasteiger partial charge in [0.25, 0.3) is 0 Å². The molecule has 1 saturated carbocycles. The Balaban J connectivity index is 0.000000336. The lowest BCUT2D eigenvalue weighted by atomic mass is 10.0. The van der Waals surface area contributed by atoms with E-state index in [0.717, 1.165) is 20.2 Å². The molecule has 1 aliphatic heterocycles. The minimum absolute atomic E-state index is 0.116. The molecule has 0 aromatic carbocycles. The Hall–Kier alpha value is -0.220. The third-order valence-corrected chi connectivity index (χ3v) is 2.60. The summed E-state index contributed by atoms with van der Waals surface area (Å²) >= 11 is 0. The first kappa shape index (κ1) is 9.86. The zero-order valence-corrected chi connectivity index (χ0v) is 7.19. The molecule has 1 saturated heterocycles. The second kappa shape index (κ2) is 3.66. The Labute approximate surface area is 71.0 Å². The lowest BCUT2D eigenvalue weighted by Crippen LogP contribution is -2.17. The van der Waals surface area contributed by atoms with Crippen molar-refractivity contribution in [2.24, 2.45) is 11.8 Å². The first-order valence-electron chi connectivity index (χ1n) is 4.21. The lowest BCUT2D eigenvalue weighted by Gasteiger charge is -2.08. The van der Waals surface area contributed by atoms with Crippen molar-refractivity contribution in [1.29, 1.82) is 0 Å². The van der Waals surface area contributed by atoms with Gasteiger partial charge in [0.2, 0.25) is 5.92 Å². The van der Waals surface area contributed by atoms with E-state index in [-0.39, 0.29) is 24.7 Å². The summed E-state index contributed by atoms with van der Waals surface area (Å²) in [5, 5.41) is 10.1. The van der Waals surface area contributed by atoms with Crippen molar-refractivity contribution in [3.05, 3.63) is 0 Å². The number of rotatable bonds is 0. The van der Waals surface area contributed by atoms with E-state index in [1.165, 1.54) is 0 Å². The highest BCUT2D eigenvalue weighted by molar-refractivity contribution is 4.94. The lowest BCUT2D eigenvalue weighted by molar-refractivity contribution is 0.00112. The average molecular weight is 179 g/mol. The van der Waals surface area contributed by atoms with Gasteiger partial charge in [-0.3, -0.25) is 0 Å². The van der Waals surface area contributed by atoms with Crippen LogP contribution in [0.1, 0.15) is 12.8 Å². The topological polar surface area (TPSA) is 32.3 Å². The first-order chi connectivity index (χ1) is 5.67. The molecule has 2 unspecified atom stereocenters. The Bertz CT molecular complexity index is 138. The number of nitrogens with one attached hydrogen (secondary N) is 1. The van der Waals surface area contributed by atoms with Crippen molar-refractivity contribution in [2.75, 3.05) is 20.2 Å².